The summed E-state index contributed by atoms with van der Waals surface area (Å²) in [7, 11) is 0. The molecule has 0 fully saturated rings. The SMILES string of the molecule is O=C(CNC(=O)c1n[nH]c(=O)c2ccccc12)Nc1ccc(Br)cc1. The Hall–Kier alpha value is -3.00. The number of aromatic amines is 1. The highest BCUT2D eigenvalue weighted by atomic mass is 79.9. The second-order valence-electron chi connectivity index (χ2n) is 5.18. The lowest BCUT2D eigenvalue weighted by molar-refractivity contribution is -0.115. The summed E-state index contributed by atoms with van der Waals surface area (Å²) >= 11 is 3.31. The van der Waals surface area contributed by atoms with Gasteiger partial charge in [0, 0.05) is 15.5 Å². The maximum absolute atomic E-state index is 12.3. The first-order valence-corrected chi connectivity index (χ1v) is 8.15. The lowest BCUT2D eigenvalue weighted by Crippen LogP contribution is -2.34. The van der Waals surface area contributed by atoms with Crippen LogP contribution in [-0.4, -0.2) is 28.6 Å². The third-order valence-corrected chi connectivity index (χ3v) is 3.98. The Bertz CT molecular complexity index is 999. The Kier molecular flexibility index (Phi) is 4.90. The summed E-state index contributed by atoms with van der Waals surface area (Å²) in [6, 6.07) is 13.7. The molecule has 3 N–H and O–H groups in total. The highest BCUT2D eigenvalue weighted by Gasteiger charge is 2.14. The highest BCUT2D eigenvalue weighted by molar-refractivity contribution is 9.10. The van der Waals surface area contributed by atoms with Crippen LogP contribution in [0.4, 0.5) is 5.69 Å². The fourth-order valence-electron chi connectivity index (χ4n) is 2.27. The molecule has 3 aromatic rings. The first-order valence-electron chi connectivity index (χ1n) is 7.35. The van der Waals surface area contributed by atoms with Crippen molar-refractivity contribution in [1.82, 2.24) is 15.5 Å². The number of hydrogen-bond donors (Lipinski definition) is 3. The van der Waals surface area contributed by atoms with Crippen molar-refractivity contribution in [3.05, 3.63) is 69.1 Å². The van der Waals surface area contributed by atoms with Crippen molar-refractivity contribution in [2.24, 2.45) is 0 Å². The number of halogens is 1. The summed E-state index contributed by atoms with van der Waals surface area (Å²) in [5, 5.41) is 12.0. The predicted molar refractivity (Wildman–Crippen MR) is 97.5 cm³/mol. The minimum Gasteiger partial charge on any atom is -0.342 e. The van der Waals surface area contributed by atoms with Crippen LogP contribution in [0.5, 0.6) is 0 Å². The van der Waals surface area contributed by atoms with E-state index in [9.17, 15) is 14.4 Å². The number of hydrogen-bond acceptors (Lipinski definition) is 4. The van der Waals surface area contributed by atoms with Crippen LogP contribution in [0, 0.1) is 0 Å². The predicted octanol–water partition coefficient (Wildman–Crippen LogP) is 2.05. The van der Waals surface area contributed by atoms with Crippen LogP contribution in [0.25, 0.3) is 10.8 Å². The number of carbonyl (C=O) groups is 2. The Morgan fingerprint density at radius 3 is 2.44 bits per heavy atom. The summed E-state index contributed by atoms with van der Waals surface area (Å²) < 4.78 is 0.898. The van der Waals surface area contributed by atoms with Crippen molar-refractivity contribution in [2.75, 3.05) is 11.9 Å². The first kappa shape index (κ1) is 16.8. The summed E-state index contributed by atoms with van der Waals surface area (Å²) in [5.41, 5.74) is 0.307. The molecule has 0 atom stereocenters. The van der Waals surface area contributed by atoms with Gasteiger partial charge in [0.15, 0.2) is 5.69 Å². The van der Waals surface area contributed by atoms with Crippen LogP contribution < -0.4 is 16.2 Å². The fraction of sp³-hybridized carbons (Fsp3) is 0.0588. The van der Waals surface area contributed by atoms with Crippen LogP contribution in [0.2, 0.25) is 0 Å². The molecule has 0 radical (unpaired) electrons. The molecule has 0 aliphatic carbocycles. The van der Waals surface area contributed by atoms with E-state index in [1.165, 1.54) is 0 Å². The minimum atomic E-state index is -0.543. The molecule has 0 saturated heterocycles. The molecule has 0 bridgehead atoms. The monoisotopic (exact) mass is 400 g/mol. The maximum atomic E-state index is 12.3. The van der Waals surface area contributed by atoms with Crippen molar-refractivity contribution >= 4 is 44.2 Å². The van der Waals surface area contributed by atoms with Gasteiger partial charge in [-0.2, -0.15) is 5.10 Å². The smallest absolute Gasteiger partial charge is 0.272 e. The number of fused-ring (bicyclic) bond motifs is 1. The Morgan fingerprint density at radius 2 is 1.72 bits per heavy atom. The summed E-state index contributed by atoms with van der Waals surface area (Å²) in [5.74, 6) is -0.914. The lowest BCUT2D eigenvalue weighted by Gasteiger charge is -2.08. The van der Waals surface area contributed by atoms with E-state index in [1.54, 1.807) is 48.5 Å². The van der Waals surface area contributed by atoms with Gasteiger partial charge in [-0.25, -0.2) is 5.10 Å². The van der Waals surface area contributed by atoms with E-state index in [2.05, 4.69) is 36.8 Å². The molecule has 0 aliphatic heterocycles. The number of anilines is 1. The van der Waals surface area contributed by atoms with Crippen molar-refractivity contribution in [2.45, 2.75) is 0 Å². The van der Waals surface area contributed by atoms with Gasteiger partial charge in [0.2, 0.25) is 5.91 Å². The normalized spacial score (nSPS) is 10.4. The fourth-order valence-corrected chi connectivity index (χ4v) is 2.53. The van der Waals surface area contributed by atoms with E-state index < -0.39 is 5.91 Å². The molecule has 3 rings (SSSR count). The van der Waals surface area contributed by atoms with Gasteiger partial charge < -0.3 is 10.6 Å². The average Bonchev–Trinajstić information content (AvgIpc) is 2.62. The van der Waals surface area contributed by atoms with Crippen LogP contribution in [0.3, 0.4) is 0 Å². The summed E-state index contributed by atoms with van der Waals surface area (Å²) in [6.07, 6.45) is 0. The van der Waals surface area contributed by atoms with E-state index in [0.717, 1.165) is 4.47 Å². The maximum Gasteiger partial charge on any atom is 0.272 e. The average molecular weight is 401 g/mol. The lowest BCUT2D eigenvalue weighted by atomic mass is 10.1. The molecule has 0 spiro atoms. The number of rotatable bonds is 4. The Balaban J connectivity index is 1.69. The number of H-pyrrole nitrogens is 1. The Labute approximate surface area is 150 Å². The zero-order chi connectivity index (χ0) is 17.8. The molecule has 0 aliphatic rings. The van der Waals surface area contributed by atoms with Crippen LogP contribution in [-0.2, 0) is 4.79 Å². The summed E-state index contributed by atoms with van der Waals surface area (Å²) in [6.45, 7) is -0.218. The molecule has 0 saturated carbocycles. The van der Waals surface area contributed by atoms with Crippen molar-refractivity contribution in [3.8, 4) is 0 Å². The number of benzene rings is 2. The largest absolute Gasteiger partial charge is 0.342 e. The molecule has 8 heteroatoms. The molecule has 126 valence electrons. The van der Waals surface area contributed by atoms with Gasteiger partial charge in [-0.05, 0) is 30.3 Å². The highest BCUT2D eigenvalue weighted by Crippen LogP contribution is 2.14. The van der Waals surface area contributed by atoms with E-state index in [-0.39, 0.29) is 23.7 Å². The molecule has 0 unspecified atom stereocenters. The van der Waals surface area contributed by atoms with Gasteiger partial charge >= 0.3 is 0 Å². The quantitative estimate of drug-likeness (QED) is 0.623. The molecular formula is C17H13BrN4O3. The zero-order valence-corrected chi connectivity index (χ0v) is 14.5. The molecule has 2 amide bonds. The van der Waals surface area contributed by atoms with Crippen molar-refractivity contribution in [3.63, 3.8) is 0 Å². The second-order valence-corrected chi connectivity index (χ2v) is 6.10. The zero-order valence-electron chi connectivity index (χ0n) is 12.9. The van der Waals surface area contributed by atoms with E-state index in [0.29, 0.717) is 16.5 Å². The van der Waals surface area contributed by atoms with E-state index in [1.807, 2.05) is 0 Å². The molecule has 1 aromatic heterocycles. The molecular weight excluding hydrogens is 388 g/mol. The third kappa shape index (κ3) is 3.92. The van der Waals surface area contributed by atoms with Crippen molar-refractivity contribution < 1.29 is 9.59 Å². The van der Waals surface area contributed by atoms with Crippen LogP contribution in [0.1, 0.15) is 10.5 Å². The molecule has 7 nitrogen and oxygen atoms in total. The standard InChI is InChI=1S/C17H13BrN4O3/c18-10-5-7-11(8-6-10)20-14(23)9-19-17(25)15-12-3-1-2-4-13(12)16(24)22-21-15/h1-8H,9H2,(H,19,25)(H,20,23)(H,22,24). The van der Waals surface area contributed by atoms with Crippen LogP contribution in [0.15, 0.2) is 57.8 Å². The Morgan fingerprint density at radius 1 is 1.04 bits per heavy atom. The van der Waals surface area contributed by atoms with Gasteiger partial charge in [0.1, 0.15) is 0 Å². The van der Waals surface area contributed by atoms with Gasteiger partial charge in [-0.1, -0.05) is 34.1 Å². The van der Waals surface area contributed by atoms with E-state index >= 15 is 0 Å². The minimum absolute atomic E-state index is 0.0617. The number of amides is 2. The van der Waals surface area contributed by atoms with Gasteiger partial charge in [-0.3, -0.25) is 14.4 Å². The van der Waals surface area contributed by atoms with Gasteiger partial charge in [0.25, 0.3) is 11.5 Å². The molecule has 25 heavy (non-hydrogen) atoms. The number of carbonyl (C=O) groups excluding carboxylic acids is 2. The number of nitrogens with zero attached hydrogens (tertiary/aromatic N) is 1. The van der Waals surface area contributed by atoms with Gasteiger partial charge in [-0.15, -0.1) is 0 Å². The van der Waals surface area contributed by atoms with Crippen LogP contribution >= 0.6 is 15.9 Å². The first-order chi connectivity index (χ1) is 12.0. The summed E-state index contributed by atoms with van der Waals surface area (Å²) in [4.78, 5) is 36.0. The van der Waals surface area contributed by atoms with Crippen molar-refractivity contribution in [1.29, 1.82) is 0 Å². The third-order valence-electron chi connectivity index (χ3n) is 3.45. The topological polar surface area (TPSA) is 104 Å². The second kappa shape index (κ2) is 7.27. The van der Waals surface area contributed by atoms with Gasteiger partial charge in [0.05, 0.1) is 11.9 Å². The molecule has 1 heterocycles. The molecule has 2 aromatic carbocycles. The van der Waals surface area contributed by atoms with E-state index in [4.69, 9.17) is 0 Å². The number of aromatic nitrogens is 2. The number of nitrogens with one attached hydrogen (secondary N) is 3.